The van der Waals surface area contributed by atoms with Gasteiger partial charge in [-0.3, -0.25) is 4.90 Å². The fraction of sp³-hybridized carbons (Fsp3) is 0.800. The van der Waals surface area contributed by atoms with Crippen molar-refractivity contribution >= 4 is 11.6 Å². The van der Waals surface area contributed by atoms with Crippen LogP contribution in [0.5, 0.6) is 0 Å². The number of likely N-dealkylation sites (tertiary alicyclic amines) is 1. The summed E-state index contributed by atoms with van der Waals surface area (Å²) in [6.45, 7) is 6.39. The molecule has 1 heterocycles. The molecule has 1 saturated heterocycles. The summed E-state index contributed by atoms with van der Waals surface area (Å²) in [5.41, 5.74) is 8.78. The van der Waals surface area contributed by atoms with E-state index in [0.29, 0.717) is 12.1 Å². The van der Waals surface area contributed by atoms with E-state index in [1.54, 1.807) is 5.54 Å². The molecule has 76 valence electrons. The van der Waals surface area contributed by atoms with Crippen molar-refractivity contribution in [2.24, 2.45) is 5.73 Å². The number of hydrogen-bond acceptors (Lipinski definition) is 2. The zero-order chi connectivity index (χ0) is 9.84. The molecule has 1 aliphatic heterocycles. The highest BCUT2D eigenvalue weighted by molar-refractivity contribution is 6.25. The Hall–Kier alpha value is -0.0500. The van der Waals surface area contributed by atoms with Gasteiger partial charge in [0, 0.05) is 30.7 Å². The van der Waals surface area contributed by atoms with Gasteiger partial charge in [0.2, 0.25) is 0 Å². The fourth-order valence-electron chi connectivity index (χ4n) is 1.85. The number of hydrogen-bond donors (Lipinski definition) is 1. The van der Waals surface area contributed by atoms with Crippen molar-refractivity contribution in [2.75, 3.05) is 13.1 Å². The Kier molecular flexibility index (Phi) is 4.23. The van der Waals surface area contributed by atoms with Crippen molar-refractivity contribution < 1.29 is 0 Å². The lowest BCUT2D eigenvalue weighted by Crippen LogP contribution is -2.45. The Balaban J connectivity index is 2.42. The summed E-state index contributed by atoms with van der Waals surface area (Å²) in [7, 11) is 0. The Labute approximate surface area is 85.7 Å². The third-order valence-corrected chi connectivity index (χ3v) is 3.07. The molecule has 2 nitrogen and oxygen atoms in total. The lowest BCUT2D eigenvalue weighted by Gasteiger charge is -2.36. The van der Waals surface area contributed by atoms with Gasteiger partial charge in [-0.05, 0) is 32.3 Å². The van der Waals surface area contributed by atoms with Crippen molar-refractivity contribution in [3.8, 4) is 0 Å². The maximum atomic E-state index is 5.88. The molecule has 0 saturated carbocycles. The van der Waals surface area contributed by atoms with E-state index in [2.05, 4.69) is 18.7 Å². The summed E-state index contributed by atoms with van der Waals surface area (Å²) in [4.78, 5) is 2.44. The van der Waals surface area contributed by atoms with Crippen LogP contribution in [0.2, 0.25) is 0 Å². The van der Waals surface area contributed by atoms with Crippen LogP contribution >= 0.6 is 11.6 Å². The standard InChI is InChI=1S/C10H19ClN2/c1-8(6-11)7-13-4-3-10(12)5-9(13)2/h6,9-10H,3-5,7,12H2,1-2H3. The van der Waals surface area contributed by atoms with Crippen LogP contribution in [0, 0.1) is 0 Å². The van der Waals surface area contributed by atoms with Crippen molar-refractivity contribution in [1.29, 1.82) is 0 Å². The Morgan fingerprint density at radius 3 is 2.92 bits per heavy atom. The van der Waals surface area contributed by atoms with Gasteiger partial charge in [0.15, 0.2) is 0 Å². The molecule has 0 aromatic heterocycles. The molecular formula is C10H19ClN2. The van der Waals surface area contributed by atoms with E-state index in [1.807, 2.05) is 0 Å². The van der Waals surface area contributed by atoms with Crippen LogP contribution in [-0.2, 0) is 0 Å². The maximum absolute atomic E-state index is 5.88. The van der Waals surface area contributed by atoms with Gasteiger partial charge >= 0.3 is 0 Å². The van der Waals surface area contributed by atoms with Crippen LogP contribution < -0.4 is 5.73 Å². The minimum absolute atomic E-state index is 0.395. The normalized spacial score (nSPS) is 32.2. The first kappa shape index (κ1) is 11.0. The van der Waals surface area contributed by atoms with Crippen molar-refractivity contribution in [3.63, 3.8) is 0 Å². The molecule has 0 amide bonds. The van der Waals surface area contributed by atoms with E-state index in [1.165, 1.54) is 5.57 Å². The van der Waals surface area contributed by atoms with Gasteiger partial charge in [0.1, 0.15) is 0 Å². The Morgan fingerprint density at radius 2 is 2.38 bits per heavy atom. The lowest BCUT2D eigenvalue weighted by molar-refractivity contribution is 0.161. The average Bonchev–Trinajstić information content (AvgIpc) is 2.09. The van der Waals surface area contributed by atoms with Gasteiger partial charge in [-0.1, -0.05) is 11.6 Å². The minimum Gasteiger partial charge on any atom is -0.328 e. The molecule has 3 heteroatoms. The van der Waals surface area contributed by atoms with Crippen molar-refractivity contribution in [2.45, 2.75) is 38.8 Å². The number of piperidine rings is 1. The second kappa shape index (κ2) is 4.99. The van der Waals surface area contributed by atoms with Crippen LogP contribution in [0.25, 0.3) is 0 Å². The summed E-state index contributed by atoms with van der Waals surface area (Å²) in [5, 5.41) is 0. The van der Waals surface area contributed by atoms with Crippen LogP contribution in [0.15, 0.2) is 11.1 Å². The third kappa shape index (κ3) is 3.29. The molecule has 2 atom stereocenters. The highest BCUT2D eigenvalue weighted by Crippen LogP contribution is 2.17. The molecule has 0 bridgehead atoms. The van der Waals surface area contributed by atoms with Gasteiger partial charge in [0.25, 0.3) is 0 Å². The molecular weight excluding hydrogens is 184 g/mol. The topological polar surface area (TPSA) is 29.3 Å². The molecule has 2 N–H and O–H groups in total. The first-order valence-corrected chi connectivity index (χ1v) is 5.32. The monoisotopic (exact) mass is 202 g/mol. The molecule has 0 aromatic carbocycles. The van der Waals surface area contributed by atoms with Crippen LogP contribution in [0.4, 0.5) is 0 Å². The minimum atomic E-state index is 0.395. The Bertz CT molecular complexity index is 191. The quantitative estimate of drug-likeness (QED) is 0.742. The molecule has 2 unspecified atom stereocenters. The molecule has 0 spiro atoms. The van der Waals surface area contributed by atoms with Crippen molar-refractivity contribution in [3.05, 3.63) is 11.1 Å². The van der Waals surface area contributed by atoms with E-state index in [-0.39, 0.29) is 0 Å². The summed E-state index contributed by atoms with van der Waals surface area (Å²) in [6, 6.07) is 0.988. The van der Waals surface area contributed by atoms with Gasteiger partial charge in [-0.25, -0.2) is 0 Å². The van der Waals surface area contributed by atoms with Crippen LogP contribution in [0.1, 0.15) is 26.7 Å². The van der Waals surface area contributed by atoms with Gasteiger partial charge < -0.3 is 5.73 Å². The molecule has 1 aliphatic rings. The van der Waals surface area contributed by atoms with Gasteiger partial charge in [0.05, 0.1) is 0 Å². The zero-order valence-corrected chi connectivity index (χ0v) is 9.22. The van der Waals surface area contributed by atoms with Gasteiger partial charge in [-0.2, -0.15) is 0 Å². The number of halogens is 1. The second-order valence-electron chi connectivity index (χ2n) is 4.06. The van der Waals surface area contributed by atoms with E-state index in [4.69, 9.17) is 17.3 Å². The van der Waals surface area contributed by atoms with Crippen LogP contribution in [0.3, 0.4) is 0 Å². The molecule has 13 heavy (non-hydrogen) atoms. The molecule has 0 aliphatic carbocycles. The fourth-order valence-corrected chi connectivity index (χ4v) is 1.92. The van der Waals surface area contributed by atoms with Crippen molar-refractivity contribution in [1.82, 2.24) is 4.90 Å². The summed E-state index contributed by atoms with van der Waals surface area (Å²) in [5.74, 6) is 0. The summed E-state index contributed by atoms with van der Waals surface area (Å²) >= 11 is 5.63. The molecule has 1 rings (SSSR count). The first-order chi connectivity index (χ1) is 6.13. The van der Waals surface area contributed by atoms with E-state index >= 15 is 0 Å². The van der Waals surface area contributed by atoms with E-state index < -0.39 is 0 Å². The molecule has 0 radical (unpaired) electrons. The van der Waals surface area contributed by atoms with Crippen LogP contribution in [-0.4, -0.2) is 30.1 Å². The van der Waals surface area contributed by atoms with E-state index in [9.17, 15) is 0 Å². The maximum Gasteiger partial charge on any atom is 0.0204 e. The summed E-state index contributed by atoms with van der Waals surface area (Å²) in [6.07, 6.45) is 2.22. The molecule has 0 aromatic rings. The van der Waals surface area contributed by atoms with Gasteiger partial charge in [-0.15, -0.1) is 0 Å². The smallest absolute Gasteiger partial charge is 0.0204 e. The second-order valence-corrected chi connectivity index (χ2v) is 4.28. The third-order valence-electron chi connectivity index (χ3n) is 2.69. The predicted octanol–water partition coefficient (Wildman–Crippen LogP) is 1.94. The lowest BCUT2D eigenvalue weighted by atomic mass is 9.99. The number of nitrogens with two attached hydrogens (primary N) is 1. The predicted molar refractivity (Wildman–Crippen MR) is 57.9 cm³/mol. The highest BCUT2D eigenvalue weighted by Gasteiger charge is 2.22. The average molecular weight is 203 g/mol. The summed E-state index contributed by atoms with van der Waals surface area (Å²) < 4.78 is 0. The SMILES string of the molecule is CC(=CCl)CN1CCC(N)CC1C. The largest absolute Gasteiger partial charge is 0.328 e. The zero-order valence-electron chi connectivity index (χ0n) is 8.46. The van der Waals surface area contributed by atoms with E-state index in [0.717, 1.165) is 25.9 Å². The number of rotatable bonds is 2. The first-order valence-electron chi connectivity index (χ1n) is 4.89. The highest BCUT2D eigenvalue weighted by atomic mass is 35.5. The number of nitrogens with zero attached hydrogens (tertiary/aromatic N) is 1. The molecule has 1 fully saturated rings. The Morgan fingerprint density at radius 1 is 1.69 bits per heavy atom.